The molecular weight excluding hydrogens is 416 g/mol. The van der Waals surface area contributed by atoms with Gasteiger partial charge >= 0.3 is 5.97 Å². The highest BCUT2D eigenvalue weighted by molar-refractivity contribution is 6.31. The van der Waals surface area contributed by atoms with Crippen LogP contribution in [0.15, 0.2) is 60.7 Å². The third-order valence-corrected chi connectivity index (χ3v) is 4.35. The van der Waals surface area contributed by atoms with Gasteiger partial charge in [0.15, 0.2) is 0 Å². The summed E-state index contributed by atoms with van der Waals surface area (Å²) in [6, 6.07) is 13.7. The topological polar surface area (TPSA) is 64.6 Å². The summed E-state index contributed by atoms with van der Waals surface area (Å²) in [4.78, 5) is 24.1. The molecule has 0 fully saturated rings. The standard InChI is InChI=1S/C22H16ClF2NO4/c1-29-22(28)17-8-2-13(10-19(17)25)12-26-21(27)18-11-14(23)3-9-20(18)30-16-6-4-15(24)5-7-16/h2-11H,12H2,1H3,(H,26,27). The third kappa shape index (κ3) is 5.12. The zero-order valence-electron chi connectivity index (χ0n) is 15.7. The van der Waals surface area contributed by atoms with Gasteiger partial charge in [0.05, 0.1) is 18.2 Å². The first kappa shape index (κ1) is 21.3. The van der Waals surface area contributed by atoms with Crippen LogP contribution in [0.1, 0.15) is 26.3 Å². The molecule has 30 heavy (non-hydrogen) atoms. The van der Waals surface area contributed by atoms with Gasteiger partial charge in [0, 0.05) is 11.6 Å². The van der Waals surface area contributed by atoms with E-state index in [-0.39, 0.29) is 23.4 Å². The first-order chi connectivity index (χ1) is 14.4. The molecule has 5 nitrogen and oxygen atoms in total. The molecule has 0 aromatic heterocycles. The predicted molar refractivity (Wildman–Crippen MR) is 107 cm³/mol. The highest BCUT2D eigenvalue weighted by Gasteiger charge is 2.16. The Morgan fingerprint density at radius 3 is 2.37 bits per heavy atom. The molecule has 0 saturated heterocycles. The Kier molecular flexibility index (Phi) is 6.64. The highest BCUT2D eigenvalue weighted by Crippen LogP contribution is 2.28. The lowest BCUT2D eigenvalue weighted by molar-refractivity contribution is 0.0595. The van der Waals surface area contributed by atoms with Crippen molar-refractivity contribution in [2.75, 3.05) is 7.11 Å². The maximum atomic E-state index is 14.0. The number of carbonyl (C=O) groups excluding carboxylic acids is 2. The first-order valence-electron chi connectivity index (χ1n) is 8.75. The highest BCUT2D eigenvalue weighted by atomic mass is 35.5. The number of nitrogens with one attached hydrogen (secondary N) is 1. The van der Waals surface area contributed by atoms with Crippen LogP contribution in [0.5, 0.6) is 11.5 Å². The van der Waals surface area contributed by atoms with Crippen LogP contribution in [0.4, 0.5) is 8.78 Å². The minimum atomic E-state index is -0.787. The van der Waals surface area contributed by atoms with Gasteiger partial charge in [-0.15, -0.1) is 0 Å². The van der Waals surface area contributed by atoms with Gasteiger partial charge in [-0.2, -0.15) is 0 Å². The number of halogens is 3. The van der Waals surface area contributed by atoms with Crippen molar-refractivity contribution in [3.8, 4) is 11.5 Å². The maximum Gasteiger partial charge on any atom is 0.340 e. The van der Waals surface area contributed by atoms with Gasteiger partial charge in [-0.25, -0.2) is 13.6 Å². The Labute approximate surface area is 176 Å². The molecule has 0 radical (unpaired) electrons. The van der Waals surface area contributed by atoms with E-state index in [4.69, 9.17) is 16.3 Å². The molecule has 3 aromatic rings. The molecule has 0 aliphatic heterocycles. The van der Waals surface area contributed by atoms with E-state index in [1.165, 1.54) is 48.5 Å². The Hall–Kier alpha value is -3.45. The number of rotatable bonds is 6. The van der Waals surface area contributed by atoms with Crippen molar-refractivity contribution in [2.24, 2.45) is 0 Å². The number of carbonyl (C=O) groups is 2. The van der Waals surface area contributed by atoms with Crippen LogP contribution >= 0.6 is 11.6 Å². The van der Waals surface area contributed by atoms with Crippen molar-refractivity contribution in [1.82, 2.24) is 5.32 Å². The molecule has 0 saturated carbocycles. The van der Waals surface area contributed by atoms with E-state index in [1.54, 1.807) is 6.07 Å². The number of ether oxygens (including phenoxy) is 2. The van der Waals surface area contributed by atoms with Gasteiger partial charge in [-0.1, -0.05) is 17.7 Å². The van der Waals surface area contributed by atoms with Crippen LogP contribution in [0.3, 0.4) is 0 Å². The zero-order valence-corrected chi connectivity index (χ0v) is 16.5. The SMILES string of the molecule is COC(=O)c1ccc(CNC(=O)c2cc(Cl)ccc2Oc2ccc(F)cc2)cc1F. The lowest BCUT2D eigenvalue weighted by Crippen LogP contribution is -2.23. The van der Waals surface area contributed by atoms with Gasteiger partial charge in [0.1, 0.15) is 23.1 Å². The molecule has 0 spiro atoms. The quantitative estimate of drug-likeness (QED) is 0.550. The van der Waals surface area contributed by atoms with Gasteiger partial charge < -0.3 is 14.8 Å². The average molecular weight is 432 g/mol. The Morgan fingerprint density at radius 2 is 1.70 bits per heavy atom. The summed E-state index contributed by atoms with van der Waals surface area (Å²) in [5.74, 6) is -1.90. The Morgan fingerprint density at radius 1 is 0.967 bits per heavy atom. The van der Waals surface area contributed by atoms with E-state index in [2.05, 4.69) is 10.1 Å². The zero-order chi connectivity index (χ0) is 21.7. The Bertz CT molecular complexity index is 1090. The second-order valence-corrected chi connectivity index (χ2v) is 6.62. The van der Waals surface area contributed by atoms with E-state index in [0.717, 1.165) is 13.2 Å². The molecule has 0 aliphatic rings. The normalized spacial score (nSPS) is 10.4. The molecule has 0 unspecified atom stereocenters. The third-order valence-electron chi connectivity index (χ3n) is 4.12. The van der Waals surface area contributed by atoms with Crippen molar-refractivity contribution in [1.29, 1.82) is 0 Å². The fourth-order valence-corrected chi connectivity index (χ4v) is 2.79. The predicted octanol–water partition coefficient (Wildman–Crippen LogP) is 5.13. The van der Waals surface area contributed by atoms with Crippen molar-refractivity contribution < 1.29 is 27.8 Å². The molecule has 154 valence electrons. The molecule has 0 bridgehead atoms. The summed E-state index contributed by atoms with van der Waals surface area (Å²) in [5.41, 5.74) is 0.396. The van der Waals surface area contributed by atoms with Gasteiger partial charge in [0.25, 0.3) is 5.91 Å². The fourth-order valence-electron chi connectivity index (χ4n) is 2.62. The number of hydrogen-bond donors (Lipinski definition) is 1. The number of benzene rings is 3. The molecule has 1 amide bonds. The largest absolute Gasteiger partial charge is 0.465 e. The molecule has 1 N–H and O–H groups in total. The van der Waals surface area contributed by atoms with Crippen molar-refractivity contribution in [3.63, 3.8) is 0 Å². The van der Waals surface area contributed by atoms with Crippen LogP contribution in [-0.2, 0) is 11.3 Å². The van der Waals surface area contributed by atoms with Crippen LogP contribution in [0.25, 0.3) is 0 Å². The second kappa shape index (κ2) is 9.37. The lowest BCUT2D eigenvalue weighted by atomic mass is 10.1. The van der Waals surface area contributed by atoms with Crippen LogP contribution < -0.4 is 10.1 Å². The first-order valence-corrected chi connectivity index (χ1v) is 9.13. The number of hydrogen-bond acceptors (Lipinski definition) is 4. The van der Waals surface area contributed by atoms with Crippen molar-refractivity contribution >= 4 is 23.5 Å². The van der Waals surface area contributed by atoms with Gasteiger partial charge in [-0.05, 0) is 60.2 Å². The summed E-state index contributed by atoms with van der Waals surface area (Å²) in [6.07, 6.45) is 0. The molecule has 3 rings (SSSR count). The van der Waals surface area contributed by atoms with Crippen molar-refractivity contribution in [3.05, 3.63) is 94.0 Å². The summed E-state index contributed by atoms with van der Waals surface area (Å²) < 4.78 is 37.3. The fraction of sp³-hybridized carbons (Fsp3) is 0.0909. The summed E-state index contributed by atoms with van der Waals surface area (Å²) in [5, 5.41) is 2.97. The van der Waals surface area contributed by atoms with E-state index in [9.17, 15) is 18.4 Å². The van der Waals surface area contributed by atoms with Gasteiger partial charge in [0.2, 0.25) is 0 Å². The minimum absolute atomic E-state index is 0.000290. The van der Waals surface area contributed by atoms with Crippen LogP contribution in [-0.4, -0.2) is 19.0 Å². The molecule has 8 heteroatoms. The van der Waals surface area contributed by atoms with Crippen molar-refractivity contribution in [2.45, 2.75) is 6.54 Å². The number of amides is 1. The Balaban J connectivity index is 1.75. The smallest absolute Gasteiger partial charge is 0.340 e. The summed E-state index contributed by atoms with van der Waals surface area (Å²) in [7, 11) is 1.16. The molecule has 0 aliphatic carbocycles. The second-order valence-electron chi connectivity index (χ2n) is 6.18. The average Bonchev–Trinajstić information content (AvgIpc) is 2.74. The molecule has 0 atom stereocenters. The van der Waals surface area contributed by atoms with Crippen LogP contribution in [0, 0.1) is 11.6 Å². The van der Waals surface area contributed by atoms with E-state index >= 15 is 0 Å². The molecular formula is C22H16ClF2NO4. The van der Waals surface area contributed by atoms with Crippen LogP contribution in [0.2, 0.25) is 5.02 Å². The number of esters is 1. The minimum Gasteiger partial charge on any atom is -0.465 e. The lowest BCUT2D eigenvalue weighted by Gasteiger charge is -2.12. The molecule has 0 heterocycles. The molecule has 3 aromatic carbocycles. The van der Waals surface area contributed by atoms with E-state index in [1.807, 2.05) is 0 Å². The van der Waals surface area contributed by atoms with E-state index < -0.39 is 23.5 Å². The summed E-state index contributed by atoms with van der Waals surface area (Å²) in [6.45, 7) is -0.000290. The van der Waals surface area contributed by atoms with E-state index in [0.29, 0.717) is 16.3 Å². The number of methoxy groups -OCH3 is 1. The van der Waals surface area contributed by atoms with Gasteiger partial charge in [-0.3, -0.25) is 4.79 Å². The maximum absolute atomic E-state index is 14.0. The summed E-state index contributed by atoms with van der Waals surface area (Å²) >= 11 is 6.00. The monoisotopic (exact) mass is 431 g/mol.